The Labute approximate surface area is 117 Å². The molecular weight excluding hydrogens is 268 g/mol. The number of rotatable bonds is 4. The summed E-state index contributed by atoms with van der Waals surface area (Å²) in [6.07, 6.45) is 4.27. The summed E-state index contributed by atoms with van der Waals surface area (Å²) in [6.45, 7) is 3.24. The number of piperidine rings is 1. The lowest BCUT2D eigenvalue weighted by molar-refractivity contribution is 0.213. The average molecular weight is 286 g/mol. The second-order valence-electron chi connectivity index (χ2n) is 4.47. The van der Waals surface area contributed by atoms with Crippen molar-refractivity contribution >= 4 is 40.3 Å². The lowest BCUT2D eigenvalue weighted by Crippen LogP contribution is -2.48. The zero-order chi connectivity index (χ0) is 12.3. The Balaban J connectivity index is 1.91. The molecule has 94 valence electrons. The molecule has 0 unspecified atom stereocenters. The van der Waals surface area contributed by atoms with Gasteiger partial charge in [0.1, 0.15) is 0 Å². The standard InChI is InChI=1S/C12H18N2S3/c1-16-12(11(13)15)3-5-14(6-4-12)8-10-2-7-17-9-10/h2,7,9H,3-6,8H2,1H3,(H2,13,15). The van der Waals surface area contributed by atoms with Gasteiger partial charge in [-0.15, -0.1) is 0 Å². The molecule has 1 aromatic heterocycles. The molecule has 0 saturated carbocycles. The van der Waals surface area contributed by atoms with Crippen LogP contribution in [0, 0.1) is 0 Å². The van der Waals surface area contributed by atoms with Crippen molar-refractivity contribution < 1.29 is 0 Å². The Morgan fingerprint density at radius 3 is 2.76 bits per heavy atom. The van der Waals surface area contributed by atoms with E-state index in [0.717, 1.165) is 32.5 Å². The van der Waals surface area contributed by atoms with Gasteiger partial charge in [0.25, 0.3) is 0 Å². The molecule has 2 N–H and O–H groups in total. The van der Waals surface area contributed by atoms with E-state index in [0.29, 0.717) is 4.99 Å². The number of nitrogens with two attached hydrogens (primary N) is 1. The molecule has 1 aliphatic heterocycles. The van der Waals surface area contributed by atoms with E-state index >= 15 is 0 Å². The molecule has 1 fully saturated rings. The van der Waals surface area contributed by atoms with Crippen LogP contribution < -0.4 is 5.73 Å². The molecule has 1 aliphatic rings. The van der Waals surface area contributed by atoms with Gasteiger partial charge in [-0.2, -0.15) is 23.1 Å². The third-order valence-corrected chi connectivity index (χ3v) is 6.15. The number of thiophene rings is 1. The van der Waals surface area contributed by atoms with E-state index in [9.17, 15) is 0 Å². The summed E-state index contributed by atoms with van der Waals surface area (Å²) in [5, 5.41) is 4.37. The van der Waals surface area contributed by atoms with Crippen LogP contribution in [0.2, 0.25) is 0 Å². The van der Waals surface area contributed by atoms with Crippen molar-refractivity contribution in [3.8, 4) is 0 Å². The lowest BCUT2D eigenvalue weighted by Gasteiger charge is -2.40. The summed E-state index contributed by atoms with van der Waals surface area (Å²) < 4.78 is 0.0421. The Kier molecular flexibility index (Phi) is 4.47. The van der Waals surface area contributed by atoms with Gasteiger partial charge in [-0.3, -0.25) is 4.90 Å². The SMILES string of the molecule is CSC1(C(N)=S)CCN(Cc2ccsc2)CC1. The molecule has 5 heteroatoms. The highest BCUT2D eigenvalue weighted by molar-refractivity contribution is 8.02. The number of thiocarbonyl (C=S) groups is 1. The molecule has 17 heavy (non-hydrogen) atoms. The average Bonchev–Trinajstić information content (AvgIpc) is 2.83. The fraction of sp³-hybridized carbons (Fsp3) is 0.583. The number of nitrogens with zero attached hydrogens (tertiary/aromatic N) is 1. The molecule has 0 bridgehead atoms. The van der Waals surface area contributed by atoms with Crippen LogP contribution in [-0.2, 0) is 6.54 Å². The van der Waals surface area contributed by atoms with E-state index in [2.05, 4.69) is 28.0 Å². The maximum Gasteiger partial charge on any atom is 0.0891 e. The lowest BCUT2D eigenvalue weighted by atomic mass is 9.95. The van der Waals surface area contributed by atoms with Gasteiger partial charge < -0.3 is 5.73 Å². The monoisotopic (exact) mass is 286 g/mol. The quantitative estimate of drug-likeness (QED) is 0.862. The minimum Gasteiger partial charge on any atom is -0.392 e. The number of hydrogen-bond donors (Lipinski definition) is 1. The van der Waals surface area contributed by atoms with Gasteiger partial charge >= 0.3 is 0 Å². The van der Waals surface area contributed by atoms with Crippen molar-refractivity contribution in [2.24, 2.45) is 5.73 Å². The molecule has 1 aromatic rings. The highest BCUT2D eigenvalue weighted by Crippen LogP contribution is 2.35. The first-order valence-corrected chi connectivity index (χ1v) is 8.32. The van der Waals surface area contributed by atoms with Crippen molar-refractivity contribution in [1.82, 2.24) is 4.90 Å². The topological polar surface area (TPSA) is 29.3 Å². The molecule has 1 saturated heterocycles. The van der Waals surface area contributed by atoms with Crippen LogP contribution in [0.15, 0.2) is 16.8 Å². The van der Waals surface area contributed by atoms with Crippen LogP contribution in [0.3, 0.4) is 0 Å². The number of thioether (sulfide) groups is 1. The second kappa shape index (κ2) is 5.69. The summed E-state index contributed by atoms with van der Waals surface area (Å²) in [7, 11) is 0. The van der Waals surface area contributed by atoms with Gasteiger partial charge in [-0.05, 0) is 41.5 Å². The smallest absolute Gasteiger partial charge is 0.0891 e. The van der Waals surface area contributed by atoms with E-state index in [1.54, 1.807) is 11.3 Å². The van der Waals surface area contributed by atoms with Gasteiger partial charge in [-0.25, -0.2) is 0 Å². The summed E-state index contributed by atoms with van der Waals surface area (Å²) >= 11 is 8.81. The Bertz CT molecular complexity index is 367. The van der Waals surface area contributed by atoms with E-state index in [4.69, 9.17) is 18.0 Å². The van der Waals surface area contributed by atoms with Crippen LogP contribution in [0.4, 0.5) is 0 Å². The molecule has 0 atom stereocenters. The van der Waals surface area contributed by atoms with Crippen molar-refractivity contribution in [1.29, 1.82) is 0 Å². The van der Waals surface area contributed by atoms with Crippen molar-refractivity contribution in [2.75, 3.05) is 19.3 Å². The van der Waals surface area contributed by atoms with Crippen LogP contribution in [0.1, 0.15) is 18.4 Å². The molecule has 2 rings (SSSR count). The number of hydrogen-bond acceptors (Lipinski definition) is 4. The largest absolute Gasteiger partial charge is 0.392 e. The maximum atomic E-state index is 5.89. The van der Waals surface area contributed by atoms with Gasteiger partial charge in [0.05, 0.1) is 9.74 Å². The van der Waals surface area contributed by atoms with Crippen LogP contribution >= 0.6 is 35.3 Å². The van der Waals surface area contributed by atoms with Crippen molar-refractivity contribution in [3.05, 3.63) is 22.4 Å². The zero-order valence-corrected chi connectivity index (χ0v) is 12.5. The fourth-order valence-electron chi connectivity index (χ4n) is 2.26. The summed E-state index contributed by atoms with van der Waals surface area (Å²) in [6, 6.07) is 2.20. The third-order valence-electron chi connectivity index (χ3n) is 3.49. The van der Waals surface area contributed by atoms with E-state index < -0.39 is 0 Å². The molecule has 0 aromatic carbocycles. The molecule has 0 spiro atoms. The Morgan fingerprint density at radius 2 is 2.29 bits per heavy atom. The normalized spacial score (nSPS) is 20.3. The second-order valence-corrected chi connectivity index (χ2v) is 6.88. The van der Waals surface area contributed by atoms with E-state index in [-0.39, 0.29) is 4.75 Å². The van der Waals surface area contributed by atoms with Crippen molar-refractivity contribution in [3.63, 3.8) is 0 Å². The van der Waals surface area contributed by atoms with Gasteiger partial charge in [0, 0.05) is 19.6 Å². The maximum absolute atomic E-state index is 5.89. The summed E-state index contributed by atoms with van der Waals surface area (Å²) in [4.78, 5) is 3.18. The molecular formula is C12H18N2S3. The first-order valence-electron chi connectivity index (χ1n) is 5.75. The van der Waals surface area contributed by atoms with Gasteiger partial charge in [0.2, 0.25) is 0 Å². The predicted molar refractivity (Wildman–Crippen MR) is 81.9 cm³/mol. The molecule has 2 nitrogen and oxygen atoms in total. The molecule has 0 aliphatic carbocycles. The molecule has 0 radical (unpaired) electrons. The van der Waals surface area contributed by atoms with Crippen LogP contribution in [-0.4, -0.2) is 34.0 Å². The minimum absolute atomic E-state index is 0.0421. The van der Waals surface area contributed by atoms with Crippen LogP contribution in [0.25, 0.3) is 0 Å². The first kappa shape index (κ1) is 13.3. The minimum atomic E-state index is 0.0421. The summed E-state index contributed by atoms with van der Waals surface area (Å²) in [5.74, 6) is 0. The third kappa shape index (κ3) is 3.02. The van der Waals surface area contributed by atoms with E-state index in [1.807, 2.05) is 11.8 Å². The highest BCUT2D eigenvalue weighted by Gasteiger charge is 2.36. The Hall–Kier alpha value is -0.100. The van der Waals surface area contributed by atoms with Gasteiger partial charge in [-0.1, -0.05) is 12.2 Å². The fourth-order valence-corrected chi connectivity index (χ4v) is 4.17. The van der Waals surface area contributed by atoms with E-state index in [1.165, 1.54) is 5.56 Å². The Morgan fingerprint density at radius 1 is 1.59 bits per heavy atom. The highest BCUT2D eigenvalue weighted by atomic mass is 32.2. The summed E-state index contributed by atoms with van der Waals surface area (Å²) in [5.41, 5.74) is 7.31. The molecule has 2 heterocycles. The predicted octanol–water partition coefficient (Wildman–Crippen LogP) is 2.73. The number of likely N-dealkylation sites (tertiary alicyclic amines) is 1. The van der Waals surface area contributed by atoms with Crippen molar-refractivity contribution in [2.45, 2.75) is 24.1 Å². The zero-order valence-electron chi connectivity index (χ0n) is 10.0. The van der Waals surface area contributed by atoms with Crippen LogP contribution in [0.5, 0.6) is 0 Å². The first-order chi connectivity index (χ1) is 8.16. The molecule has 0 amide bonds. The van der Waals surface area contributed by atoms with Gasteiger partial charge in [0.15, 0.2) is 0 Å².